The van der Waals surface area contributed by atoms with Gasteiger partial charge in [-0.05, 0) is 40.6 Å². The lowest BCUT2D eigenvalue weighted by Crippen LogP contribution is -2.32. The number of methoxy groups -OCH3 is 1. The second kappa shape index (κ2) is 8.80. The number of aromatic nitrogens is 1. The average Bonchev–Trinajstić information content (AvgIpc) is 2.74. The van der Waals surface area contributed by atoms with Gasteiger partial charge in [0.05, 0.1) is 14.2 Å². The zero-order valence-electron chi connectivity index (χ0n) is 17.3. The number of benzene rings is 2. The van der Waals surface area contributed by atoms with Gasteiger partial charge < -0.3 is 4.74 Å². The van der Waals surface area contributed by atoms with Crippen LogP contribution in [-0.2, 0) is 16.6 Å². The third kappa shape index (κ3) is 4.52. The first-order valence-electron chi connectivity index (χ1n) is 9.68. The van der Waals surface area contributed by atoms with Crippen LogP contribution in [0.25, 0.3) is 10.8 Å². The van der Waals surface area contributed by atoms with Gasteiger partial charge in [0.25, 0.3) is 5.82 Å². The van der Waals surface area contributed by atoms with E-state index in [1.54, 1.807) is 19.4 Å². The standard InChI is InChI=1S/C22H27N3O3S/c1-5-25(6-2)29(26,27)21-11-12-22(23-15-21)24(3)16-17-7-8-19-14-20(28-4)10-9-18(19)13-17/h7-15H,5-6,16H2,1-4H3/p+1. The van der Waals surface area contributed by atoms with Crippen molar-refractivity contribution in [2.75, 3.05) is 32.1 Å². The van der Waals surface area contributed by atoms with Crippen LogP contribution in [0, 0.1) is 0 Å². The van der Waals surface area contributed by atoms with Gasteiger partial charge in [-0.2, -0.15) is 4.31 Å². The second-order valence-electron chi connectivity index (χ2n) is 6.90. The lowest BCUT2D eigenvalue weighted by atomic mass is 10.1. The molecule has 0 saturated heterocycles. The highest BCUT2D eigenvalue weighted by molar-refractivity contribution is 7.89. The Balaban J connectivity index is 1.77. The van der Waals surface area contributed by atoms with E-state index in [4.69, 9.17) is 4.74 Å². The first-order chi connectivity index (χ1) is 13.9. The summed E-state index contributed by atoms with van der Waals surface area (Å²) in [5.41, 5.74) is 1.17. The highest BCUT2D eigenvalue weighted by Crippen LogP contribution is 2.23. The maximum absolute atomic E-state index is 12.6. The maximum Gasteiger partial charge on any atom is 0.274 e. The molecule has 0 aliphatic rings. The monoisotopic (exact) mass is 414 g/mol. The molecule has 1 heterocycles. The van der Waals surface area contributed by atoms with Gasteiger partial charge in [-0.1, -0.05) is 32.0 Å². The summed E-state index contributed by atoms with van der Waals surface area (Å²) >= 11 is 0. The van der Waals surface area contributed by atoms with Gasteiger partial charge in [0.1, 0.15) is 23.4 Å². The fraction of sp³-hybridized carbons (Fsp3) is 0.318. The summed E-state index contributed by atoms with van der Waals surface area (Å²) < 4.78 is 32.0. The van der Waals surface area contributed by atoms with E-state index in [9.17, 15) is 8.42 Å². The Morgan fingerprint density at radius 1 is 0.966 bits per heavy atom. The van der Waals surface area contributed by atoms with E-state index in [1.807, 2.05) is 39.1 Å². The SMILES string of the molecule is CCN(CC)S(=O)(=O)c1ccc(N(C)Cc2ccc3cc(OC)ccc3c2)[nH+]c1. The number of H-pyrrole nitrogens is 1. The highest BCUT2D eigenvalue weighted by Gasteiger charge is 2.23. The van der Waals surface area contributed by atoms with Crippen LogP contribution in [0.2, 0.25) is 0 Å². The normalized spacial score (nSPS) is 11.8. The molecule has 6 nitrogen and oxygen atoms in total. The molecule has 0 aliphatic heterocycles. The summed E-state index contributed by atoms with van der Waals surface area (Å²) in [4.78, 5) is 5.45. The van der Waals surface area contributed by atoms with Crippen molar-refractivity contribution in [1.82, 2.24) is 4.31 Å². The van der Waals surface area contributed by atoms with E-state index < -0.39 is 10.0 Å². The predicted molar refractivity (Wildman–Crippen MR) is 116 cm³/mol. The summed E-state index contributed by atoms with van der Waals surface area (Å²) in [5, 5.41) is 2.29. The summed E-state index contributed by atoms with van der Waals surface area (Å²) in [6.07, 6.45) is 1.56. The molecule has 3 rings (SSSR count). The molecule has 1 N–H and O–H groups in total. The van der Waals surface area contributed by atoms with Crippen LogP contribution in [0.1, 0.15) is 19.4 Å². The number of rotatable bonds is 8. The molecule has 0 fully saturated rings. The van der Waals surface area contributed by atoms with Crippen molar-refractivity contribution in [2.45, 2.75) is 25.3 Å². The quantitative estimate of drug-likeness (QED) is 0.567. The predicted octanol–water partition coefficient (Wildman–Crippen LogP) is 3.33. The van der Waals surface area contributed by atoms with E-state index in [1.165, 1.54) is 9.87 Å². The van der Waals surface area contributed by atoms with E-state index in [-0.39, 0.29) is 4.90 Å². The minimum atomic E-state index is -3.46. The van der Waals surface area contributed by atoms with Crippen LogP contribution in [0.4, 0.5) is 5.82 Å². The molecule has 29 heavy (non-hydrogen) atoms. The first-order valence-corrected chi connectivity index (χ1v) is 11.1. The fourth-order valence-electron chi connectivity index (χ4n) is 3.37. The molecule has 0 unspecified atom stereocenters. The lowest BCUT2D eigenvalue weighted by Gasteiger charge is -2.18. The van der Waals surface area contributed by atoms with Gasteiger partial charge in [-0.25, -0.2) is 13.4 Å². The summed E-state index contributed by atoms with van der Waals surface area (Å²) in [7, 11) is 0.182. The molecule has 0 radical (unpaired) electrons. The molecule has 154 valence electrons. The molecule has 7 heteroatoms. The molecule has 1 aromatic heterocycles. The number of nitrogens with zero attached hydrogens (tertiary/aromatic N) is 2. The smallest absolute Gasteiger partial charge is 0.274 e. The number of fused-ring (bicyclic) bond motifs is 1. The number of anilines is 1. The van der Waals surface area contributed by atoms with Gasteiger partial charge in [0.2, 0.25) is 10.0 Å². The van der Waals surface area contributed by atoms with E-state index in [0.717, 1.165) is 22.3 Å². The number of aromatic amines is 1. The molecule has 0 amide bonds. The van der Waals surface area contributed by atoms with E-state index >= 15 is 0 Å². The Bertz CT molecular complexity index is 1080. The van der Waals surface area contributed by atoms with Gasteiger partial charge in [0.15, 0.2) is 0 Å². The molecule has 0 bridgehead atoms. The largest absolute Gasteiger partial charge is 0.497 e. The highest BCUT2D eigenvalue weighted by atomic mass is 32.2. The average molecular weight is 415 g/mol. The summed E-state index contributed by atoms with van der Waals surface area (Å²) in [6.45, 7) is 5.28. The minimum absolute atomic E-state index is 0.276. The zero-order chi connectivity index (χ0) is 21.0. The fourth-order valence-corrected chi connectivity index (χ4v) is 4.80. The van der Waals surface area contributed by atoms with Crippen LogP contribution < -0.4 is 14.6 Å². The third-order valence-corrected chi connectivity index (χ3v) is 7.10. The number of pyridine rings is 1. The number of hydrogen-bond acceptors (Lipinski definition) is 4. The molecular weight excluding hydrogens is 386 g/mol. The van der Waals surface area contributed by atoms with Crippen molar-refractivity contribution < 1.29 is 18.1 Å². The number of ether oxygens (including phenoxy) is 1. The Hall–Kier alpha value is -2.64. The zero-order valence-corrected chi connectivity index (χ0v) is 18.2. The van der Waals surface area contributed by atoms with Gasteiger partial charge in [-0.3, -0.25) is 4.90 Å². The molecule has 3 aromatic rings. The third-order valence-electron chi connectivity index (χ3n) is 5.05. The minimum Gasteiger partial charge on any atom is -0.497 e. The summed E-state index contributed by atoms with van der Waals surface area (Å²) in [6, 6.07) is 15.8. The van der Waals surface area contributed by atoms with E-state index in [0.29, 0.717) is 19.6 Å². The van der Waals surface area contributed by atoms with E-state index in [2.05, 4.69) is 34.1 Å². The van der Waals surface area contributed by atoms with Crippen molar-refractivity contribution >= 4 is 26.6 Å². The number of nitrogens with one attached hydrogen (secondary N) is 1. The molecule has 2 aromatic carbocycles. The molecule has 0 atom stereocenters. The molecule has 0 saturated carbocycles. The molecule has 0 spiro atoms. The molecular formula is C22H28N3O3S+. The number of sulfonamides is 1. The first kappa shape index (κ1) is 21.1. The van der Waals surface area contributed by atoms with Crippen molar-refractivity contribution in [3.63, 3.8) is 0 Å². The van der Waals surface area contributed by atoms with Crippen molar-refractivity contribution in [1.29, 1.82) is 0 Å². The van der Waals surface area contributed by atoms with Crippen LogP contribution >= 0.6 is 0 Å². The second-order valence-corrected chi connectivity index (χ2v) is 8.84. The Labute approximate surface area is 172 Å². The van der Waals surface area contributed by atoms with Crippen LogP contribution in [0.3, 0.4) is 0 Å². The van der Waals surface area contributed by atoms with Crippen molar-refractivity contribution in [3.05, 3.63) is 60.3 Å². The Morgan fingerprint density at radius 3 is 2.28 bits per heavy atom. The topological polar surface area (TPSA) is 64.0 Å². The lowest BCUT2D eigenvalue weighted by molar-refractivity contribution is -0.367. The maximum atomic E-state index is 12.6. The van der Waals surface area contributed by atoms with Crippen molar-refractivity contribution in [3.8, 4) is 5.75 Å². The van der Waals surface area contributed by atoms with Crippen LogP contribution in [0.15, 0.2) is 59.6 Å². The van der Waals surface area contributed by atoms with Crippen LogP contribution in [0.5, 0.6) is 5.75 Å². The Kier molecular flexibility index (Phi) is 6.39. The van der Waals surface area contributed by atoms with Crippen LogP contribution in [-0.4, -0.2) is 40.0 Å². The number of hydrogen-bond donors (Lipinski definition) is 0. The van der Waals surface area contributed by atoms with Gasteiger partial charge >= 0.3 is 0 Å². The summed E-state index contributed by atoms with van der Waals surface area (Å²) in [5.74, 6) is 1.69. The van der Waals surface area contributed by atoms with Gasteiger partial charge in [0, 0.05) is 19.2 Å². The van der Waals surface area contributed by atoms with Crippen molar-refractivity contribution in [2.24, 2.45) is 0 Å². The molecule has 0 aliphatic carbocycles. The Morgan fingerprint density at radius 2 is 1.66 bits per heavy atom. The van der Waals surface area contributed by atoms with Gasteiger partial charge in [-0.15, -0.1) is 0 Å².